The average Bonchev–Trinajstić information content (AvgIpc) is 2.38. The largest absolute Gasteiger partial charge is 0.378 e. The van der Waals surface area contributed by atoms with Gasteiger partial charge in [0.1, 0.15) is 5.82 Å². The first-order chi connectivity index (χ1) is 9.38. The molecule has 0 fully saturated rings. The summed E-state index contributed by atoms with van der Waals surface area (Å²) in [4.78, 5) is 0. The Morgan fingerprint density at radius 2 is 1.75 bits per heavy atom. The molecule has 20 heavy (non-hydrogen) atoms. The fourth-order valence-electron chi connectivity index (χ4n) is 1.78. The third-order valence-electron chi connectivity index (χ3n) is 2.81. The smallest absolute Gasteiger partial charge is 0.142 e. The summed E-state index contributed by atoms with van der Waals surface area (Å²) in [6.45, 7) is 1.89. The second kappa shape index (κ2) is 6.52. The molecule has 0 saturated heterocycles. The van der Waals surface area contributed by atoms with Crippen LogP contribution in [0.15, 0.2) is 34.8 Å². The van der Waals surface area contributed by atoms with E-state index in [2.05, 4.69) is 21.2 Å². The van der Waals surface area contributed by atoms with E-state index in [1.807, 2.05) is 19.1 Å². The van der Waals surface area contributed by atoms with Crippen LogP contribution in [0.1, 0.15) is 18.5 Å². The summed E-state index contributed by atoms with van der Waals surface area (Å²) in [6.07, 6.45) is 0. The number of halogens is 5. The van der Waals surface area contributed by atoms with Gasteiger partial charge in [0.2, 0.25) is 0 Å². The van der Waals surface area contributed by atoms with Crippen molar-refractivity contribution < 1.29 is 4.39 Å². The summed E-state index contributed by atoms with van der Waals surface area (Å²) in [5.41, 5.74) is 1.49. The van der Waals surface area contributed by atoms with Crippen LogP contribution in [0.25, 0.3) is 0 Å². The molecule has 1 N–H and O–H groups in total. The standard InChI is InChI=1S/C14H10BrCl3FN/c1-7(9-5-14(19)13(18)6-12(9)17)20-8-2-3-11(16)10(15)4-8/h2-7,20H,1H3. The summed E-state index contributed by atoms with van der Waals surface area (Å²) in [5.74, 6) is -0.489. The van der Waals surface area contributed by atoms with E-state index < -0.39 is 5.82 Å². The molecule has 2 rings (SSSR count). The van der Waals surface area contributed by atoms with Gasteiger partial charge >= 0.3 is 0 Å². The first kappa shape index (κ1) is 15.9. The van der Waals surface area contributed by atoms with E-state index in [0.29, 0.717) is 15.6 Å². The fraction of sp³-hybridized carbons (Fsp3) is 0.143. The zero-order valence-electron chi connectivity index (χ0n) is 10.4. The molecule has 1 atom stereocenters. The van der Waals surface area contributed by atoms with E-state index in [1.165, 1.54) is 12.1 Å². The molecule has 0 aromatic heterocycles. The molecule has 0 heterocycles. The quantitative estimate of drug-likeness (QED) is 0.567. The van der Waals surface area contributed by atoms with Gasteiger partial charge in [-0.2, -0.15) is 0 Å². The molecule has 0 amide bonds. The maximum Gasteiger partial charge on any atom is 0.142 e. The van der Waals surface area contributed by atoms with E-state index in [9.17, 15) is 4.39 Å². The molecular weight excluding hydrogens is 387 g/mol. The molecule has 6 heteroatoms. The number of hydrogen-bond donors (Lipinski definition) is 1. The van der Waals surface area contributed by atoms with Gasteiger partial charge in [-0.3, -0.25) is 0 Å². The molecule has 0 aliphatic heterocycles. The molecule has 0 bridgehead atoms. The van der Waals surface area contributed by atoms with Crippen LogP contribution < -0.4 is 5.32 Å². The van der Waals surface area contributed by atoms with Crippen LogP contribution in [0.3, 0.4) is 0 Å². The minimum atomic E-state index is -0.489. The number of benzene rings is 2. The van der Waals surface area contributed by atoms with Crippen molar-refractivity contribution in [2.24, 2.45) is 0 Å². The van der Waals surface area contributed by atoms with Gasteiger partial charge < -0.3 is 5.32 Å². The highest BCUT2D eigenvalue weighted by molar-refractivity contribution is 9.10. The number of nitrogens with one attached hydrogen (secondary N) is 1. The third kappa shape index (κ3) is 3.59. The zero-order chi connectivity index (χ0) is 14.9. The zero-order valence-corrected chi connectivity index (χ0v) is 14.2. The van der Waals surface area contributed by atoms with E-state index >= 15 is 0 Å². The second-order valence-corrected chi connectivity index (χ2v) is 6.36. The van der Waals surface area contributed by atoms with E-state index in [0.717, 1.165) is 10.2 Å². The first-order valence-corrected chi connectivity index (χ1v) is 7.67. The lowest BCUT2D eigenvalue weighted by atomic mass is 10.1. The van der Waals surface area contributed by atoms with Gasteiger partial charge in [0, 0.05) is 15.2 Å². The Kier molecular flexibility index (Phi) is 5.19. The SMILES string of the molecule is CC(Nc1ccc(Cl)c(Br)c1)c1cc(F)c(Cl)cc1Cl. The van der Waals surface area contributed by atoms with Crippen LogP contribution in [-0.4, -0.2) is 0 Å². The topological polar surface area (TPSA) is 12.0 Å². The average molecular weight is 398 g/mol. The predicted octanol–water partition coefficient (Wildman–Crippen LogP) is 6.72. The van der Waals surface area contributed by atoms with Crippen molar-refractivity contribution in [1.82, 2.24) is 0 Å². The highest BCUT2D eigenvalue weighted by Crippen LogP contribution is 2.32. The van der Waals surface area contributed by atoms with Gasteiger partial charge in [-0.1, -0.05) is 34.8 Å². The van der Waals surface area contributed by atoms with Crippen LogP contribution in [-0.2, 0) is 0 Å². The molecule has 0 aliphatic carbocycles. The maximum absolute atomic E-state index is 13.5. The molecule has 2 aromatic rings. The van der Waals surface area contributed by atoms with Crippen molar-refractivity contribution in [2.75, 3.05) is 5.32 Å². The summed E-state index contributed by atoms with van der Waals surface area (Å²) < 4.78 is 14.3. The molecule has 0 radical (unpaired) electrons. The lowest BCUT2D eigenvalue weighted by molar-refractivity contribution is 0.624. The molecule has 0 aliphatic rings. The molecule has 2 aromatic carbocycles. The van der Waals surface area contributed by atoms with Crippen LogP contribution in [0.2, 0.25) is 15.1 Å². The second-order valence-electron chi connectivity index (χ2n) is 4.28. The molecule has 106 valence electrons. The number of hydrogen-bond acceptors (Lipinski definition) is 1. The number of rotatable bonds is 3. The van der Waals surface area contributed by atoms with Crippen molar-refractivity contribution >= 4 is 56.4 Å². The van der Waals surface area contributed by atoms with Crippen molar-refractivity contribution in [2.45, 2.75) is 13.0 Å². The Morgan fingerprint density at radius 3 is 2.40 bits per heavy atom. The Morgan fingerprint density at radius 1 is 1.05 bits per heavy atom. The Hall–Kier alpha value is -0.480. The Bertz CT molecular complexity index is 649. The monoisotopic (exact) mass is 395 g/mol. The minimum absolute atomic E-state index is 0.0141. The van der Waals surface area contributed by atoms with Gasteiger partial charge in [-0.05, 0) is 58.7 Å². The summed E-state index contributed by atoms with van der Waals surface area (Å²) in [6, 6.07) is 8.02. The lowest BCUT2D eigenvalue weighted by Crippen LogP contribution is -2.07. The van der Waals surface area contributed by atoms with Gasteiger partial charge in [0.15, 0.2) is 0 Å². The summed E-state index contributed by atoms with van der Waals surface area (Å²) in [5, 5.41) is 4.29. The minimum Gasteiger partial charge on any atom is -0.378 e. The summed E-state index contributed by atoms with van der Waals surface area (Å²) >= 11 is 21.1. The van der Waals surface area contributed by atoms with Gasteiger partial charge in [0.25, 0.3) is 0 Å². The first-order valence-electron chi connectivity index (χ1n) is 5.74. The van der Waals surface area contributed by atoms with Crippen molar-refractivity contribution in [3.63, 3.8) is 0 Å². The fourth-order valence-corrected chi connectivity index (χ4v) is 2.83. The highest BCUT2D eigenvalue weighted by Gasteiger charge is 2.13. The van der Waals surface area contributed by atoms with Crippen LogP contribution in [0, 0.1) is 5.82 Å². The molecule has 0 spiro atoms. The third-order valence-corrected chi connectivity index (χ3v) is 4.64. The van der Waals surface area contributed by atoms with Crippen LogP contribution in [0.4, 0.5) is 10.1 Å². The van der Waals surface area contributed by atoms with Crippen LogP contribution >= 0.6 is 50.7 Å². The Labute approximate surface area is 140 Å². The molecule has 0 saturated carbocycles. The van der Waals surface area contributed by atoms with Gasteiger partial charge in [0.05, 0.1) is 16.1 Å². The van der Waals surface area contributed by atoms with Crippen molar-refractivity contribution in [3.8, 4) is 0 Å². The predicted molar refractivity (Wildman–Crippen MR) is 87.6 cm³/mol. The lowest BCUT2D eigenvalue weighted by Gasteiger charge is -2.18. The molecule has 1 unspecified atom stereocenters. The summed E-state index contributed by atoms with van der Waals surface area (Å²) in [7, 11) is 0. The molecule has 1 nitrogen and oxygen atoms in total. The normalized spacial score (nSPS) is 12.3. The molecular formula is C14H10BrCl3FN. The van der Waals surface area contributed by atoms with E-state index in [1.54, 1.807) is 6.07 Å². The van der Waals surface area contributed by atoms with E-state index in [-0.39, 0.29) is 11.1 Å². The Balaban J connectivity index is 2.25. The van der Waals surface area contributed by atoms with Gasteiger partial charge in [-0.15, -0.1) is 0 Å². The maximum atomic E-state index is 13.5. The van der Waals surface area contributed by atoms with Crippen molar-refractivity contribution in [1.29, 1.82) is 0 Å². The number of anilines is 1. The van der Waals surface area contributed by atoms with E-state index in [4.69, 9.17) is 34.8 Å². The van der Waals surface area contributed by atoms with Gasteiger partial charge in [-0.25, -0.2) is 4.39 Å². The van der Waals surface area contributed by atoms with Crippen molar-refractivity contribution in [3.05, 3.63) is 61.3 Å². The highest BCUT2D eigenvalue weighted by atomic mass is 79.9. The van der Waals surface area contributed by atoms with Crippen LogP contribution in [0.5, 0.6) is 0 Å².